The van der Waals surface area contributed by atoms with E-state index in [9.17, 15) is 0 Å². The van der Waals surface area contributed by atoms with Crippen LogP contribution in [0.25, 0.3) is 0 Å². The Labute approximate surface area is 109 Å². The lowest BCUT2D eigenvalue weighted by Gasteiger charge is -2.26. The highest BCUT2D eigenvalue weighted by molar-refractivity contribution is 4.76. The Morgan fingerprint density at radius 3 is 2.35 bits per heavy atom. The van der Waals surface area contributed by atoms with Gasteiger partial charge in [0.15, 0.2) is 0 Å². The monoisotopic (exact) mass is 243 g/mol. The molecule has 0 aliphatic heterocycles. The van der Waals surface area contributed by atoms with Crippen LogP contribution in [0.15, 0.2) is 0 Å². The number of unbranched alkanes of at least 4 members (excludes halogenated alkanes) is 3. The van der Waals surface area contributed by atoms with E-state index in [1.54, 1.807) is 0 Å². The van der Waals surface area contributed by atoms with Crippen LogP contribution < -0.4 is 5.32 Å². The Bertz CT molecular complexity index is 166. The standard InChI is InChI=1S/C15H33NO/c1-6-7-8-9-11-15(4,5)16-12-10-13-17-14(2)3/h14,16H,6-13H2,1-5H3. The molecule has 0 saturated carbocycles. The van der Waals surface area contributed by atoms with Crippen molar-refractivity contribution in [3.05, 3.63) is 0 Å². The SMILES string of the molecule is CCCCCCC(C)(C)NCCCOC(C)C. The lowest BCUT2D eigenvalue weighted by molar-refractivity contribution is 0.0759. The molecule has 104 valence electrons. The Hall–Kier alpha value is -0.0800. The number of hydrogen-bond donors (Lipinski definition) is 1. The van der Waals surface area contributed by atoms with Crippen LogP contribution in [-0.4, -0.2) is 24.8 Å². The van der Waals surface area contributed by atoms with Crippen molar-refractivity contribution < 1.29 is 4.74 Å². The van der Waals surface area contributed by atoms with Gasteiger partial charge in [0.2, 0.25) is 0 Å². The molecule has 0 aromatic carbocycles. The molecular weight excluding hydrogens is 210 g/mol. The number of ether oxygens (including phenoxy) is 1. The molecule has 0 unspecified atom stereocenters. The molecule has 0 fully saturated rings. The van der Waals surface area contributed by atoms with Gasteiger partial charge >= 0.3 is 0 Å². The summed E-state index contributed by atoms with van der Waals surface area (Å²) in [5.41, 5.74) is 0.283. The van der Waals surface area contributed by atoms with Gasteiger partial charge in [0.25, 0.3) is 0 Å². The van der Waals surface area contributed by atoms with E-state index in [4.69, 9.17) is 4.74 Å². The average molecular weight is 243 g/mol. The number of rotatable bonds is 11. The van der Waals surface area contributed by atoms with E-state index in [1.165, 1.54) is 32.1 Å². The van der Waals surface area contributed by atoms with E-state index in [2.05, 4.69) is 39.9 Å². The van der Waals surface area contributed by atoms with E-state index in [0.717, 1.165) is 19.6 Å². The number of hydrogen-bond acceptors (Lipinski definition) is 2. The molecule has 17 heavy (non-hydrogen) atoms. The van der Waals surface area contributed by atoms with Gasteiger partial charge in [-0.3, -0.25) is 0 Å². The van der Waals surface area contributed by atoms with Gasteiger partial charge in [0, 0.05) is 12.1 Å². The van der Waals surface area contributed by atoms with Crippen LogP contribution in [0.1, 0.15) is 73.1 Å². The van der Waals surface area contributed by atoms with Gasteiger partial charge in [0.05, 0.1) is 6.10 Å². The van der Waals surface area contributed by atoms with Crippen molar-refractivity contribution in [2.75, 3.05) is 13.2 Å². The third-order valence-electron chi connectivity index (χ3n) is 3.03. The molecule has 1 N–H and O–H groups in total. The van der Waals surface area contributed by atoms with E-state index in [1.807, 2.05) is 0 Å². The zero-order chi connectivity index (χ0) is 13.1. The van der Waals surface area contributed by atoms with Crippen LogP contribution in [0.4, 0.5) is 0 Å². The molecular formula is C15H33NO. The highest BCUT2D eigenvalue weighted by Crippen LogP contribution is 2.14. The highest BCUT2D eigenvalue weighted by atomic mass is 16.5. The summed E-state index contributed by atoms with van der Waals surface area (Å²) in [5.74, 6) is 0. The molecule has 0 aliphatic rings. The van der Waals surface area contributed by atoms with Crippen LogP contribution in [-0.2, 0) is 4.74 Å². The van der Waals surface area contributed by atoms with Crippen LogP contribution >= 0.6 is 0 Å². The zero-order valence-electron chi connectivity index (χ0n) is 12.6. The van der Waals surface area contributed by atoms with Gasteiger partial charge in [-0.25, -0.2) is 0 Å². The molecule has 0 amide bonds. The van der Waals surface area contributed by atoms with Crippen molar-refractivity contribution in [2.45, 2.75) is 84.8 Å². The minimum atomic E-state index is 0.283. The Balaban J connectivity index is 3.43. The fraction of sp³-hybridized carbons (Fsp3) is 1.00. The van der Waals surface area contributed by atoms with Crippen molar-refractivity contribution in [3.63, 3.8) is 0 Å². The molecule has 0 radical (unpaired) electrons. The van der Waals surface area contributed by atoms with Gasteiger partial charge in [-0.1, -0.05) is 32.6 Å². The largest absolute Gasteiger partial charge is 0.379 e. The highest BCUT2D eigenvalue weighted by Gasteiger charge is 2.15. The van der Waals surface area contributed by atoms with Gasteiger partial charge in [0.1, 0.15) is 0 Å². The fourth-order valence-electron chi connectivity index (χ4n) is 1.90. The zero-order valence-corrected chi connectivity index (χ0v) is 12.6. The van der Waals surface area contributed by atoms with Gasteiger partial charge in [-0.05, 0) is 47.1 Å². The maximum atomic E-state index is 5.53. The lowest BCUT2D eigenvalue weighted by Crippen LogP contribution is -2.40. The normalized spacial score (nSPS) is 12.4. The van der Waals surface area contributed by atoms with E-state index in [-0.39, 0.29) is 5.54 Å². The predicted octanol–water partition coefficient (Wildman–Crippen LogP) is 4.14. The van der Waals surface area contributed by atoms with Crippen LogP contribution in [0, 0.1) is 0 Å². The fourth-order valence-corrected chi connectivity index (χ4v) is 1.90. The maximum absolute atomic E-state index is 5.53. The Morgan fingerprint density at radius 1 is 1.06 bits per heavy atom. The average Bonchev–Trinajstić information content (AvgIpc) is 2.23. The first kappa shape index (κ1) is 16.9. The van der Waals surface area contributed by atoms with Crippen LogP contribution in [0.5, 0.6) is 0 Å². The Morgan fingerprint density at radius 2 is 1.76 bits per heavy atom. The summed E-state index contributed by atoms with van der Waals surface area (Å²) >= 11 is 0. The maximum Gasteiger partial charge on any atom is 0.0518 e. The van der Waals surface area contributed by atoms with Crippen molar-refractivity contribution in [3.8, 4) is 0 Å². The molecule has 0 bridgehead atoms. The second-order valence-electron chi connectivity index (χ2n) is 5.89. The first-order valence-corrected chi connectivity index (χ1v) is 7.34. The van der Waals surface area contributed by atoms with Crippen molar-refractivity contribution in [2.24, 2.45) is 0 Å². The summed E-state index contributed by atoms with van der Waals surface area (Å²) in [6, 6.07) is 0. The third-order valence-corrected chi connectivity index (χ3v) is 3.03. The second-order valence-corrected chi connectivity index (χ2v) is 5.89. The molecule has 0 aromatic heterocycles. The minimum absolute atomic E-state index is 0.283. The first-order valence-electron chi connectivity index (χ1n) is 7.34. The smallest absolute Gasteiger partial charge is 0.0518 e. The molecule has 0 rings (SSSR count). The van der Waals surface area contributed by atoms with Crippen molar-refractivity contribution in [1.29, 1.82) is 0 Å². The van der Waals surface area contributed by atoms with Crippen LogP contribution in [0.3, 0.4) is 0 Å². The summed E-state index contributed by atoms with van der Waals surface area (Å²) < 4.78 is 5.53. The molecule has 2 heteroatoms. The molecule has 0 atom stereocenters. The summed E-state index contributed by atoms with van der Waals surface area (Å²) in [7, 11) is 0. The first-order chi connectivity index (χ1) is 7.98. The summed E-state index contributed by atoms with van der Waals surface area (Å²) in [5, 5.41) is 3.63. The van der Waals surface area contributed by atoms with E-state index in [0.29, 0.717) is 6.10 Å². The summed E-state index contributed by atoms with van der Waals surface area (Å²) in [6.07, 6.45) is 8.15. The Kier molecular flexibility index (Phi) is 9.85. The predicted molar refractivity (Wildman–Crippen MR) is 76.5 cm³/mol. The van der Waals surface area contributed by atoms with Crippen molar-refractivity contribution >= 4 is 0 Å². The molecule has 0 saturated heterocycles. The molecule has 0 aromatic rings. The van der Waals surface area contributed by atoms with Gasteiger partial charge in [-0.15, -0.1) is 0 Å². The van der Waals surface area contributed by atoms with E-state index < -0.39 is 0 Å². The molecule has 0 heterocycles. The summed E-state index contributed by atoms with van der Waals surface area (Å²) in [6.45, 7) is 13.0. The van der Waals surface area contributed by atoms with Gasteiger partial charge in [-0.2, -0.15) is 0 Å². The van der Waals surface area contributed by atoms with Crippen LogP contribution in [0.2, 0.25) is 0 Å². The number of nitrogens with one attached hydrogen (secondary N) is 1. The minimum Gasteiger partial charge on any atom is -0.379 e. The third kappa shape index (κ3) is 12.2. The van der Waals surface area contributed by atoms with Gasteiger partial charge < -0.3 is 10.1 Å². The van der Waals surface area contributed by atoms with Crippen molar-refractivity contribution in [1.82, 2.24) is 5.32 Å². The topological polar surface area (TPSA) is 21.3 Å². The molecule has 2 nitrogen and oxygen atoms in total. The molecule has 0 aliphatic carbocycles. The molecule has 0 spiro atoms. The second kappa shape index (κ2) is 9.90. The quantitative estimate of drug-likeness (QED) is 0.551. The lowest BCUT2D eigenvalue weighted by atomic mass is 9.96. The van der Waals surface area contributed by atoms with E-state index >= 15 is 0 Å². The summed E-state index contributed by atoms with van der Waals surface area (Å²) in [4.78, 5) is 0.